The van der Waals surface area contributed by atoms with Crippen LogP contribution in [0.15, 0.2) is 46.2 Å². The molecule has 2 aromatic rings. The van der Waals surface area contributed by atoms with E-state index in [1.54, 1.807) is 7.11 Å². The number of rotatable bonds is 3. The first-order chi connectivity index (χ1) is 10.1. The fourth-order valence-electron chi connectivity index (χ4n) is 2.83. The van der Waals surface area contributed by atoms with Gasteiger partial charge in [-0.3, -0.25) is 0 Å². The Bertz CT molecular complexity index is 710. The Labute approximate surface area is 128 Å². The first-order valence-corrected chi connectivity index (χ1v) is 8.10. The molecule has 0 bridgehead atoms. The maximum absolute atomic E-state index is 13.0. The summed E-state index contributed by atoms with van der Waals surface area (Å²) in [7, 11) is 4.56. The van der Waals surface area contributed by atoms with E-state index < -0.39 is 10.8 Å². The normalized spacial score (nSPS) is 16.5. The van der Waals surface area contributed by atoms with Crippen molar-refractivity contribution in [1.82, 2.24) is 4.90 Å². The van der Waals surface area contributed by atoms with E-state index in [9.17, 15) is 4.21 Å². The van der Waals surface area contributed by atoms with Crippen LogP contribution < -0.4 is 4.74 Å². The maximum atomic E-state index is 13.0. The van der Waals surface area contributed by atoms with Gasteiger partial charge in [0.25, 0.3) is 0 Å². The highest BCUT2D eigenvalue weighted by Gasteiger charge is 2.26. The first kappa shape index (κ1) is 14.3. The molecular formula is C17H19NO2S. The van der Waals surface area contributed by atoms with Crippen LogP contribution in [0.1, 0.15) is 16.7 Å². The molecule has 0 radical (unpaired) electrons. The van der Waals surface area contributed by atoms with Gasteiger partial charge in [-0.15, -0.1) is 0 Å². The smallest absolute Gasteiger partial charge is 0.124 e. The number of hydrogen-bond donors (Lipinski definition) is 0. The quantitative estimate of drug-likeness (QED) is 0.745. The number of benzene rings is 2. The summed E-state index contributed by atoms with van der Waals surface area (Å²) in [4.78, 5) is 3.94. The van der Waals surface area contributed by atoms with Gasteiger partial charge in [-0.05, 0) is 43.8 Å². The molecule has 0 fully saturated rings. The highest BCUT2D eigenvalue weighted by molar-refractivity contribution is 7.85. The van der Waals surface area contributed by atoms with Gasteiger partial charge in [0.2, 0.25) is 0 Å². The molecule has 1 heterocycles. The topological polar surface area (TPSA) is 29.5 Å². The van der Waals surface area contributed by atoms with Crippen LogP contribution in [0.4, 0.5) is 0 Å². The number of ether oxygens (including phenoxy) is 1. The molecule has 1 unspecified atom stereocenters. The van der Waals surface area contributed by atoms with Crippen molar-refractivity contribution in [2.45, 2.75) is 22.8 Å². The minimum absolute atomic E-state index is 0.722. The van der Waals surface area contributed by atoms with Crippen molar-refractivity contribution in [3.05, 3.63) is 53.1 Å². The molecule has 0 N–H and O–H groups in total. The Kier molecular flexibility index (Phi) is 3.83. The molecule has 21 heavy (non-hydrogen) atoms. The lowest BCUT2D eigenvalue weighted by molar-refractivity contribution is 0.367. The lowest BCUT2D eigenvalue weighted by Crippen LogP contribution is -2.18. The molecule has 0 aromatic heterocycles. The molecule has 0 saturated heterocycles. The van der Waals surface area contributed by atoms with Gasteiger partial charge < -0.3 is 9.64 Å². The van der Waals surface area contributed by atoms with Gasteiger partial charge in [0.15, 0.2) is 0 Å². The molecule has 1 aliphatic rings. The summed E-state index contributed by atoms with van der Waals surface area (Å²) in [5.74, 6) is 0.815. The third kappa shape index (κ3) is 2.49. The summed E-state index contributed by atoms with van der Waals surface area (Å²) < 4.78 is 18.5. The lowest BCUT2D eigenvalue weighted by atomic mass is 10.0. The third-order valence-electron chi connectivity index (χ3n) is 3.73. The van der Waals surface area contributed by atoms with E-state index in [2.05, 4.69) is 11.0 Å². The van der Waals surface area contributed by atoms with Crippen LogP contribution in [-0.2, 0) is 23.8 Å². The second-order valence-electron chi connectivity index (χ2n) is 5.53. The highest BCUT2D eigenvalue weighted by atomic mass is 32.2. The van der Waals surface area contributed by atoms with Crippen molar-refractivity contribution in [1.29, 1.82) is 0 Å². The third-order valence-corrected chi connectivity index (χ3v) is 5.41. The monoisotopic (exact) mass is 301 g/mol. The van der Waals surface area contributed by atoms with Crippen LogP contribution in [0.2, 0.25) is 0 Å². The van der Waals surface area contributed by atoms with Gasteiger partial charge in [-0.2, -0.15) is 0 Å². The minimum atomic E-state index is -1.14. The Balaban J connectivity index is 2.19. The number of nitrogens with zero attached hydrogens (tertiary/aromatic N) is 1. The first-order valence-electron chi connectivity index (χ1n) is 6.95. The zero-order chi connectivity index (χ0) is 15.0. The van der Waals surface area contributed by atoms with E-state index in [1.807, 2.05) is 44.4 Å². The van der Waals surface area contributed by atoms with E-state index in [-0.39, 0.29) is 0 Å². The second kappa shape index (κ2) is 5.62. The van der Waals surface area contributed by atoms with E-state index >= 15 is 0 Å². The second-order valence-corrected chi connectivity index (χ2v) is 6.91. The maximum Gasteiger partial charge on any atom is 0.124 e. The van der Waals surface area contributed by atoms with Crippen LogP contribution in [0.5, 0.6) is 5.75 Å². The zero-order valence-electron chi connectivity index (χ0n) is 12.6. The van der Waals surface area contributed by atoms with Gasteiger partial charge >= 0.3 is 0 Å². The molecule has 110 valence electrons. The van der Waals surface area contributed by atoms with Gasteiger partial charge in [-0.25, -0.2) is 4.21 Å². The molecule has 1 atom stereocenters. The average Bonchev–Trinajstić information content (AvgIpc) is 2.47. The van der Waals surface area contributed by atoms with Crippen molar-refractivity contribution in [2.75, 3.05) is 21.2 Å². The molecule has 1 aliphatic heterocycles. The molecule has 4 heteroatoms. The van der Waals surface area contributed by atoms with Crippen LogP contribution in [0.25, 0.3) is 0 Å². The van der Waals surface area contributed by atoms with Gasteiger partial charge in [0.05, 0.1) is 22.8 Å². The summed E-state index contributed by atoms with van der Waals surface area (Å²) in [5, 5.41) is 0. The SMILES string of the molecule is COc1ccc2c(c1CN(C)C)S(=O)c1ccccc1C2. The fraction of sp³-hybridized carbons (Fsp3) is 0.294. The highest BCUT2D eigenvalue weighted by Crippen LogP contribution is 2.37. The molecule has 0 spiro atoms. The van der Waals surface area contributed by atoms with Crippen molar-refractivity contribution in [3.63, 3.8) is 0 Å². The minimum Gasteiger partial charge on any atom is -0.496 e. The average molecular weight is 301 g/mol. The van der Waals surface area contributed by atoms with E-state index in [4.69, 9.17) is 4.74 Å². The summed E-state index contributed by atoms with van der Waals surface area (Å²) >= 11 is 0. The van der Waals surface area contributed by atoms with Crippen molar-refractivity contribution < 1.29 is 8.95 Å². The van der Waals surface area contributed by atoms with E-state index in [1.165, 1.54) is 0 Å². The molecule has 0 amide bonds. The zero-order valence-corrected chi connectivity index (χ0v) is 13.4. The molecule has 0 aliphatic carbocycles. The number of methoxy groups -OCH3 is 1. The van der Waals surface area contributed by atoms with E-state index in [0.29, 0.717) is 0 Å². The van der Waals surface area contributed by atoms with Crippen LogP contribution >= 0.6 is 0 Å². The number of fused-ring (bicyclic) bond motifs is 2. The summed E-state index contributed by atoms with van der Waals surface area (Å²) in [6, 6.07) is 12.0. The molecule has 2 aromatic carbocycles. The van der Waals surface area contributed by atoms with Crippen molar-refractivity contribution in [3.8, 4) is 5.75 Å². The predicted molar refractivity (Wildman–Crippen MR) is 84.3 cm³/mol. The Morgan fingerprint density at radius 2 is 1.90 bits per heavy atom. The number of hydrogen-bond acceptors (Lipinski definition) is 3. The summed E-state index contributed by atoms with van der Waals surface area (Å²) in [6.07, 6.45) is 0.835. The predicted octanol–water partition coefficient (Wildman–Crippen LogP) is 2.83. The van der Waals surface area contributed by atoms with Crippen molar-refractivity contribution >= 4 is 10.8 Å². The molecule has 3 nitrogen and oxygen atoms in total. The fourth-order valence-corrected chi connectivity index (χ4v) is 4.40. The largest absolute Gasteiger partial charge is 0.496 e. The van der Waals surface area contributed by atoms with Crippen molar-refractivity contribution in [2.24, 2.45) is 0 Å². The lowest BCUT2D eigenvalue weighted by Gasteiger charge is -2.24. The van der Waals surface area contributed by atoms with E-state index in [0.717, 1.165) is 45.2 Å². The molecular weight excluding hydrogens is 282 g/mol. The van der Waals surface area contributed by atoms with Crippen LogP contribution in [0, 0.1) is 0 Å². The van der Waals surface area contributed by atoms with Gasteiger partial charge in [0.1, 0.15) is 5.75 Å². The summed E-state index contributed by atoms with van der Waals surface area (Å²) in [5.41, 5.74) is 3.34. The standard InChI is InChI=1S/C17H19NO2S/c1-18(2)11-14-15(20-3)9-8-13-10-12-6-4-5-7-16(12)21(19)17(13)14/h4-9H,10-11H2,1-3H3. The Morgan fingerprint density at radius 3 is 2.62 bits per heavy atom. The van der Waals surface area contributed by atoms with Crippen LogP contribution in [-0.4, -0.2) is 30.3 Å². The Hall–Kier alpha value is -1.65. The molecule has 0 saturated carbocycles. The van der Waals surface area contributed by atoms with Gasteiger partial charge in [-0.1, -0.05) is 24.3 Å². The van der Waals surface area contributed by atoms with Crippen LogP contribution in [0.3, 0.4) is 0 Å². The Morgan fingerprint density at radius 1 is 1.14 bits per heavy atom. The van der Waals surface area contributed by atoms with Gasteiger partial charge in [0, 0.05) is 17.0 Å². The summed E-state index contributed by atoms with van der Waals surface area (Å²) in [6.45, 7) is 0.722. The molecule has 3 rings (SSSR count).